The molecule has 5 nitrogen and oxygen atoms in total. The molecular formula is C16H26N2O3S. The topological polar surface area (TPSA) is 49.9 Å². The zero-order valence-corrected chi connectivity index (χ0v) is 14.5. The average molecular weight is 326 g/mol. The van der Waals surface area contributed by atoms with E-state index in [4.69, 9.17) is 4.74 Å². The van der Waals surface area contributed by atoms with Crippen molar-refractivity contribution in [2.75, 3.05) is 39.8 Å². The van der Waals surface area contributed by atoms with E-state index in [0.717, 1.165) is 37.2 Å². The number of sulfonamides is 1. The van der Waals surface area contributed by atoms with Crippen LogP contribution >= 0.6 is 0 Å². The molecule has 0 bridgehead atoms. The van der Waals surface area contributed by atoms with Crippen LogP contribution in [0.4, 0.5) is 0 Å². The SMILES string of the molecule is CCCCOc1ccc(S(=O)(=O)N2CCN(C)CC2)cc1C. The predicted octanol–water partition coefficient (Wildman–Crippen LogP) is 2.11. The summed E-state index contributed by atoms with van der Waals surface area (Å²) in [5, 5.41) is 0. The van der Waals surface area contributed by atoms with Crippen LogP contribution in [-0.4, -0.2) is 57.5 Å². The van der Waals surface area contributed by atoms with Crippen molar-refractivity contribution in [2.24, 2.45) is 0 Å². The van der Waals surface area contributed by atoms with Gasteiger partial charge in [-0.1, -0.05) is 13.3 Å². The predicted molar refractivity (Wildman–Crippen MR) is 87.8 cm³/mol. The Morgan fingerprint density at radius 2 is 1.86 bits per heavy atom. The Labute approximate surface area is 133 Å². The van der Waals surface area contributed by atoms with Gasteiger partial charge in [-0.3, -0.25) is 0 Å². The number of nitrogens with zero attached hydrogens (tertiary/aromatic N) is 2. The molecule has 0 atom stereocenters. The van der Waals surface area contributed by atoms with E-state index >= 15 is 0 Å². The van der Waals surface area contributed by atoms with E-state index in [1.54, 1.807) is 22.5 Å². The van der Waals surface area contributed by atoms with Crippen LogP contribution in [0.5, 0.6) is 5.75 Å². The van der Waals surface area contributed by atoms with Gasteiger partial charge in [0.25, 0.3) is 0 Å². The lowest BCUT2D eigenvalue weighted by Crippen LogP contribution is -2.47. The molecule has 0 aliphatic carbocycles. The molecule has 0 saturated carbocycles. The van der Waals surface area contributed by atoms with Crippen LogP contribution in [0, 0.1) is 6.92 Å². The van der Waals surface area contributed by atoms with Crippen LogP contribution < -0.4 is 4.74 Å². The number of ether oxygens (including phenoxy) is 1. The van der Waals surface area contributed by atoms with Crippen LogP contribution in [0.1, 0.15) is 25.3 Å². The second-order valence-electron chi connectivity index (χ2n) is 5.84. The summed E-state index contributed by atoms with van der Waals surface area (Å²) in [5.74, 6) is 0.769. The largest absolute Gasteiger partial charge is 0.493 e. The standard InChI is InChI=1S/C16H26N2O3S/c1-4-5-12-21-16-7-6-15(13-14(16)2)22(19,20)18-10-8-17(3)9-11-18/h6-7,13H,4-5,8-12H2,1-3H3. The normalized spacial score (nSPS) is 17.6. The first-order valence-corrected chi connectivity index (χ1v) is 9.31. The molecule has 1 aliphatic heterocycles. The van der Waals surface area contributed by atoms with Crippen molar-refractivity contribution < 1.29 is 13.2 Å². The summed E-state index contributed by atoms with van der Waals surface area (Å²) < 4.78 is 32.6. The number of unbranched alkanes of at least 4 members (excludes halogenated alkanes) is 1. The van der Waals surface area contributed by atoms with Gasteiger partial charge in [-0.15, -0.1) is 0 Å². The molecule has 1 aromatic rings. The minimum Gasteiger partial charge on any atom is -0.493 e. The Morgan fingerprint density at radius 1 is 1.18 bits per heavy atom. The van der Waals surface area contributed by atoms with E-state index in [9.17, 15) is 8.42 Å². The number of piperazine rings is 1. The molecule has 0 N–H and O–H groups in total. The maximum Gasteiger partial charge on any atom is 0.243 e. The maximum absolute atomic E-state index is 12.7. The van der Waals surface area contributed by atoms with Gasteiger partial charge in [-0.25, -0.2) is 8.42 Å². The summed E-state index contributed by atoms with van der Waals surface area (Å²) in [7, 11) is -1.39. The fourth-order valence-electron chi connectivity index (χ4n) is 2.45. The molecule has 0 unspecified atom stereocenters. The quantitative estimate of drug-likeness (QED) is 0.751. The van der Waals surface area contributed by atoms with Crippen molar-refractivity contribution in [3.05, 3.63) is 23.8 Å². The second-order valence-corrected chi connectivity index (χ2v) is 7.77. The summed E-state index contributed by atoms with van der Waals surface area (Å²) in [6.07, 6.45) is 2.08. The lowest BCUT2D eigenvalue weighted by molar-refractivity contribution is 0.222. The second kappa shape index (κ2) is 7.44. The van der Waals surface area contributed by atoms with Gasteiger partial charge in [0.05, 0.1) is 11.5 Å². The first kappa shape index (κ1) is 17.2. The highest BCUT2D eigenvalue weighted by Gasteiger charge is 2.27. The van der Waals surface area contributed by atoms with Crippen LogP contribution in [0.3, 0.4) is 0 Å². The first-order chi connectivity index (χ1) is 10.4. The number of likely N-dealkylation sites (N-methyl/N-ethyl adjacent to an activating group) is 1. The Kier molecular flexibility index (Phi) is 5.83. The molecule has 1 fully saturated rings. The van der Waals surface area contributed by atoms with Crippen molar-refractivity contribution in [2.45, 2.75) is 31.6 Å². The molecule has 0 aromatic heterocycles. The number of hydrogen-bond acceptors (Lipinski definition) is 4. The zero-order chi connectivity index (χ0) is 16.2. The van der Waals surface area contributed by atoms with Gasteiger partial charge in [-0.2, -0.15) is 4.31 Å². The van der Waals surface area contributed by atoms with Gasteiger partial charge >= 0.3 is 0 Å². The maximum atomic E-state index is 12.7. The highest BCUT2D eigenvalue weighted by atomic mass is 32.2. The highest BCUT2D eigenvalue weighted by Crippen LogP contribution is 2.24. The molecule has 1 heterocycles. The molecule has 1 saturated heterocycles. The fourth-order valence-corrected chi connectivity index (χ4v) is 3.96. The van der Waals surface area contributed by atoms with Crippen molar-refractivity contribution in [1.29, 1.82) is 0 Å². The van der Waals surface area contributed by atoms with Gasteiger partial charge in [-0.05, 0) is 44.2 Å². The minimum atomic E-state index is -3.40. The monoisotopic (exact) mass is 326 g/mol. The van der Waals surface area contributed by atoms with Crippen molar-refractivity contribution in [3.8, 4) is 5.75 Å². The third kappa shape index (κ3) is 4.00. The molecule has 0 amide bonds. The number of hydrogen-bond donors (Lipinski definition) is 0. The summed E-state index contributed by atoms with van der Waals surface area (Å²) in [6.45, 7) is 7.32. The van der Waals surface area contributed by atoms with Crippen molar-refractivity contribution in [1.82, 2.24) is 9.21 Å². The van der Waals surface area contributed by atoms with Crippen LogP contribution in [0.15, 0.2) is 23.1 Å². The molecule has 2 rings (SSSR count). The van der Waals surface area contributed by atoms with Gasteiger partial charge in [0.2, 0.25) is 10.0 Å². The van der Waals surface area contributed by atoms with E-state index in [2.05, 4.69) is 11.8 Å². The van der Waals surface area contributed by atoms with E-state index in [1.807, 2.05) is 14.0 Å². The Hall–Kier alpha value is -1.11. The Balaban J connectivity index is 2.12. The van der Waals surface area contributed by atoms with Crippen LogP contribution in [-0.2, 0) is 10.0 Å². The van der Waals surface area contributed by atoms with Gasteiger partial charge < -0.3 is 9.64 Å². The fraction of sp³-hybridized carbons (Fsp3) is 0.625. The molecule has 124 valence electrons. The molecule has 1 aromatic carbocycles. The van der Waals surface area contributed by atoms with E-state index in [-0.39, 0.29) is 0 Å². The summed E-state index contributed by atoms with van der Waals surface area (Å²) >= 11 is 0. The minimum absolute atomic E-state index is 0.359. The average Bonchev–Trinajstić information content (AvgIpc) is 2.49. The lowest BCUT2D eigenvalue weighted by atomic mass is 10.2. The van der Waals surface area contributed by atoms with Crippen molar-refractivity contribution in [3.63, 3.8) is 0 Å². The summed E-state index contributed by atoms with van der Waals surface area (Å²) in [5.41, 5.74) is 0.867. The molecule has 6 heteroatoms. The van der Waals surface area contributed by atoms with E-state index < -0.39 is 10.0 Å². The van der Waals surface area contributed by atoms with Crippen LogP contribution in [0.2, 0.25) is 0 Å². The summed E-state index contributed by atoms with van der Waals surface area (Å²) in [4.78, 5) is 2.50. The zero-order valence-electron chi connectivity index (χ0n) is 13.7. The molecule has 22 heavy (non-hydrogen) atoms. The van der Waals surface area contributed by atoms with E-state index in [0.29, 0.717) is 24.6 Å². The summed E-state index contributed by atoms with van der Waals surface area (Å²) in [6, 6.07) is 5.14. The van der Waals surface area contributed by atoms with Gasteiger partial charge in [0.15, 0.2) is 0 Å². The number of rotatable bonds is 6. The van der Waals surface area contributed by atoms with Gasteiger partial charge in [0, 0.05) is 26.2 Å². The molecular weight excluding hydrogens is 300 g/mol. The smallest absolute Gasteiger partial charge is 0.243 e. The third-order valence-corrected chi connectivity index (χ3v) is 5.90. The number of benzene rings is 1. The van der Waals surface area contributed by atoms with Gasteiger partial charge in [0.1, 0.15) is 5.75 Å². The third-order valence-electron chi connectivity index (χ3n) is 4.00. The van der Waals surface area contributed by atoms with Crippen molar-refractivity contribution >= 4 is 10.0 Å². The Bertz CT molecular complexity index is 593. The first-order valence-electron chi connectivity index (χ1n) is 7.87. The Morgan fingerprint density at radius 3 is 2.45 bits per heavy atom. The van der Waals surface area contributed by atoms with Crippen LogP contribution in [0.25, 0.3) is 0 Å². The lowest BCUT2D eigenvalue weighted by Gasteiger charge is -2.31. The van der Waals surface area contributed by atoms with E-state index in [1.165, 1.54) is 0 Å². The highest BCUT2D eigenvalue weighted by molar-refractivity contribution is 7.89. The molecule has 0 spiro atoms. The molecule has 1 aliphatic rings. The number of aryl methyl sites for hydroxylation is 1. The molecule has 0 radical (unpaired) electrons.